The number of hydrogen-bond acceptors (Lipinski definition) is 29. The van der Waals surface area contributed by atoms with Crippen molar-refractivity contribution in [3.8, 4) is 5.75 Å². The van der Waals surface area contributed by atoms with Crippen molar-refractivity contribution < 1.29 is 138 Å². The Bertz CT molecular complexity index is 2140. The van der Waals surface area contributed by atoms with Gasteiger partial charge in [-0.2, -0.15) is 0 Å². The summed E-state index contributed by atoms with van der Waals surface area (Å²) in [5, 5.41) is 5.47. The van der Waals surface area contributed by atoms with E-state index in [9.17, 15) is 14.4 Å². The molecular weight excluding hydrogens is 1370 g/mol. The first-order valence-corrected chi connectivity index (χ1v) is 36.6. The maximum absolute atomic E-state index is 13.3. The number of hydrogen-bond donors (Lipinski definition) is 2. The minimum absolute atomic E-state index is 0.0447. The fourth-order valence-corrected chi connectivity index (χ4v) is 8.14. The minimum Gasteiger partial charge on any atom is -0.491 e. The zero-order valence-electron chi connectivity index (χ0n) is 62.9. The molecule has 0 aliphatic heterocycles. The molecule has 104 heavy (non-hydrogen) atoms. The number of alkyl carbamates (subject to hydrolysis) is 1. The van der Waals surface area contributed by atoms with Crippen LogP contribution in [0.4, 0.5) is 4.79 Å². The van der Waals surface area contributed by atoms with Gasteiger partial charge in [0.05, 0.1) is 297 Å². The van der Waals surface area contributed by atoms with E-state index >= 15 is 0 Å². The van der Waals surface area contributed by atoms with Gasteiger partial charge >= 0.3 is 12.1 Å². The molecule has 31 nitrogen and oxygen atoms in total. The second-order valence-electron chi connectivity index (χ2n) is 23.2. The second-order valence-corrected chi connectivity index (χ2v) is 23.2. The summed E-state index contributed by atoms with van der Waals surface area (Å²) < 4.78 is 144. The molecule has 0 unspecified atom stereocenters. The summed E-state index contributed by atoms with van der Waals surface area (Å²) in [5.74, 6) is -0.263. The van der Waals surface area contributed by atoms with Crippen molar-refractivity contribution in [2.45, 2.75) is 65.2 Å². The van der Waals surface area contributed by atoms with Gasteiger partial charge in [-0.3, -0.25) is 4.79 Å². The highest BCUT2D eigenvalue weighted by Gasteiger charge is 2.23. The molecule has 604 valence electrons. The first-order chi connectivity index (χ1) is 51.2. The fraction of sp³-hybridized carbons (Fsp3) is 0.795. The molecule has 0 saturated carbocycles. The van der Waals surface area contributed by atoms with Gasteiger partial charge in [-0.05, 0) is 50.5 Å². The van der Waals surface area contributed by atoms with Crippen LogP contribution in [0.25, 0.3) is 0 Å². The summed E-state index contributed by atoms with van der Waals surface area (Å²) in [7, 11) is 0. The van der Waals surface area contributed by atoms with Gasteiger partial charge in [0, 0.05) is 26.0 Å². The van der Waals surface area contributed by atoms with Crippen molar-refractivity contribution in [2.24, 2.45) is 0 Å². The smallest absolute Gasteiger partial charge is 0.407 e. The Kier molecular flexibility index (Phi) is 69.3. The van der Waals surface area contributed by atoms with Crippen LogP contribution >= 0.6 is 0 Å². The number of benzene rings is 2. The van der Waals surface area contributed by atoms with Gasteiger partial charge in [0.25, 0.3) is 0 Å². The summed E-state index contributed by atoms with van der Waals surface area (Å²) in [6.07, 6.45) is 0.799. The van der Waals surface area contributed by atoms with Crippen LogP contribution in [-0.2, 0) is 141 Å². The Balaban J connectivity index is 1.34. The van der Waals surface area contributed by atoms with Crippen LogP contribution in [0, 0.1) is 0 Å². The molecule has 2 aromatic rings. The molecule has 0 saturated heterocycles. The first-order valence-electron chi connectivity index (χ1n) is 36.6. The lowest BCUT2D eigenvalue weighted by Crippen LogP contribution is -2.43. The number of esters is 1. The third-order valence-electron chi connectivity index (χ3n) is 13.3. The lowest BCUT2D eigenvalue weighted by Gasteiger charge is -2.19. The van der Waals surface area contributed by atoms with Crippen molar-refractivity contribution in [1.82, 2.24) is 10.6 Å². The summed E-state index contributed by atoms with van der Waals surface area (Å²) in [4.78, 5) is 37.9. The van der Waals surface area contributed by atoms with Gasteiger partial charge in [0.2, 0.25) is 5.91 Å². The Labute approximate surface area is 617 Å². The zero-order valence-corrected chi connectivity index (χ0v) is 62.9. The van der Waals surface area contributed by atoms with Crippen LogP contribution in [0.1, 0.15) is 51.7 Å². The summed E-state index contributed by atoms with van der Waals surface area (Å²) in [5.41, 5.74) is 1.11. The van der Waals surface area contributed by atoms with E-state index in [1.807, 2.05) is 75.4 Å². The molecule has 2 aromatic carbocycles. The van der Waals surface area contributed by atoms with E-state index in [2.05, 4.69) is 17.6 Å². The number of nitrogens with one attached hydrogen (secondary N) is 2. The molecule has 1 atom stereocenters. The van der Waals surface area contributed by atoms with Crippen molar-refractivity contribution in [3.63, 3.8) is 0 Å². The Morgan fingerprint density at radius 3 is 0.904 bits per heavy atom. The Hall–Kier alpha value is -4.47. The maximum atomic E-state index is 13.3. The van der Waals surface area contributed by atoms with Crippen LogP contribution in [0.3, 0.4) is 0 Å². The molecule has 0 aromatic heterocycles. The highest BCUT2D eigenvalue weighted by molar-refractivity contribution is 5.84. The van der Waals surface area contributed by atoms with E-state index in [4.69, 9.17) is 123 Å². The number of ether oxygens (including phenoxy) is 26. The van der Waals surface area contributed by atoms with Gasteiger partial charge in [0.1, 0.15) is 30.6 Å². The quantitative estimate of drug-likeness (QED) is 0.0678. The molecule has 0 spiro atoms. The predicted molar refractivity (Wildman–Crippen MR) is 382 cm³/mol. The third kappa shape index (κ3) is 69.3. The van der Waals surface area contributed by atoms with Crippen LogP contribution in [0.2, 0.25) is 0 Å². The monoisotopic (exact) mass is 1500 g/mol. The number of carbonyl (C=O) groups is 3. The predicted octanol–water partition coefficient (Wildman–Crippen LogP) is 4.54. The zero-order chi connectivity index (χ0) is 74.5. The SMILES string of the molecule is CCCOCCOCCOCCOCCOCCOCCOCCOCCOCCOCCOCCOCCC(=O)N[C@@H](Cc1ccc(OCCOCCOCCOCCOCCOCCOCCOCCOCCOCCOCCOCCNC(=O)OC(C)(C)C)cc1)C(=O)OCc1ccccc1. The van der Waals surface area contributed by atoms with E-state index < -0.39 is 23.7 Å². The molecular formula is C73H128N2O29. The molecule has 0 aliphatic rings. The normalized spacial score (nSPS) is 11.9. The molecule has 31 heteroatoms. The minimum atomic E-state index is -0.926. The summed E-state index contributed by atoms with van der Waals surface area (Å²) in [6.45, 7) is 29.1. The topological polar surface area (TPSA) is 315 Å². The van der Waals surface area contributed by atoms with E-state index in [1.54, 1.807) is 0 Å². The molecule has 2 rings (SSSR count). The fourth-order valence-electron chi connectivity index (χ4n) is 8.14. The van der Waals surface area contributed by atoms with E-state index in [1.165, 1.54) is 0 Å². The second kappa shape index (κ2) is 75.3. The highest BCUT2D eigenvalue weighted by atomic mass is 16.6. The molecule has 0 aliphatic carbocycles. The number of amides is 2. The van der Waals surface area contributed by atoms with Gasteiger partial charge in [-0.1, -0.05) is 49.4 Å². The van der Waals surface area contributed by atoms with Crippen LogP contribution < -0.4 is 15.4 Å². The van der Waals surface area contributed by atoms with E-state index in [-0.39, 0.29) is 38.6 Å². The van der Waals surface area contributed by atoms with Crippen molar-refractivity contribution in [3.05, 3.63) is 65.7 Å². The van der Waals surface area contributed by atoms with Crippen LogP contribution in [0.5, 0.6) is 5.75 Å². The van der Waals surface area contributed by atoms with Crippen LogP contribution in [0.15, 0.2) is 54.6 Å². The van der Waals surface area contributed by atoms with Gasteiger partial charge in [-0.15, -0.1) is 0 Å². The van der Waals surface area contributed by atoms with Gasteiger partial charge in [-0.25, -0.2) is 9.59 Å². The first kappa shape index (κ1) is 95.6. The van der Waals surface area contributed by atoms with Gasteiger partial charge in [0.15, 0.2) is 0 Å². The molecule has 0 fully saturated rings. The highest BCUT2D eigenvalue weighted by Crippen LogP contribution is 2.15. The van der Waals surface area contributed by atoms with Crippen molar-refractivity contribution in [1.29, 1.82) is 0 Å². The third-order valence-corrected chi connectivity index (χ3v) is 13.3. The van der Waals surface area contributed by atoms with E-state index in [0.29, 0.717) is 303 Å². The van der Waals surface area contributed by atoms with Crippen molar-refractivity contribution >= 4 is 18.0 Å². The average Bonchev–Trinajstić information content (AvgIpc) is 0.878. The molecule has 0 heterocycles. The summed E-state index contributed by atoms with van der Waals surface area (Å²) >= 11 is 0. The Morgan fingerprint density at radius 2 is 0.606 bits per heavy atom. The number of carbonyl (C=O) groups excluding carboxylic acids is 3. The maximum Gasteiger partial charge on any atom is 0.407 e. The molecule has 2 N–H and O–H groups in total. The van der Waals surface area contributed by atoms with Crippen LogP contribution in [-0.4, -0.2) is 347 Å². The largest absolute Gasteiger partial charge is 0.491 e. The molecule has 2 amide bonds. The summed E-state index contributed by atoms with van der Waals surface area (Å²) in [6, 6.07) is 15.7. The molecule has 0 bridgehead atoms. The standard InChI is InChI=1S/C73H128N2O29/c1-5-17-79-20-23-82-26-29-85-32-35-88-38-41-91-44-47-94-50-51-95-48-45-92-42-39-89-36-33-86-30-27-83-24-21-80-18-15-70(76)75-69(71(77)103-65-67-9-7-6-8-10-67)64-66-11-13-68(14-12-66)102-63-62-101-61-60-100-59-58-99-57-56-98-55-54-97-53-52-96-49-46-93-43-40-90-37-34-87-31-28-84-25-22-81-19-16-74-72(78)104-73(2,3)4/h6-14,69H,5,15-65H2,1-4H3,(H,74,78)(H,75,76)/t69-/m0/s1. The van der Waals surface area contributed by atoms with Crippen molar-refractivity contribution in [2.75, 3.05) is 317 Å². The molecule has 0 radical (unpaired) electrons. The number of rotatable bonds is 81. The van der Waals surface area contributed by atoms with Gasteiger partial charge < -0.3 is 134 Å². The lowest BCUT2D eigenvalue weighted by molar-refractivity contribution is -0.149. The Morgan fingerprint density at radius 1 is 0.327 bits per heavy atom. The van der Waals surface area contributed by atoms with E-state index in [0.717, 1.165) is 24.2 Å². The average molecular weight is 1500 g/mol. The lowest BCUT2D eigenvalue weighted by atomic mass is 10.1.